The Morgan fingerprint density at radius 1 is 0.915 bits per heavy atom. The SMILES string of the molecule is B/C(=C/C(C)C1CCC2C3C(C=CCC13)C1C(C3C=CCCC3)C3=C(CCC([C@@H]4CCCC(C=C)C4)C3)C(C(C=C)CC)C21)CCC. The van der Waals surface area contributed by atoms with E-state index in [1.165, 1.54) is 103 Å². The van der Waals surface area contributed by atoms with Crippen LogP contribution in [0, 0.1) is 88.8 Å². The Hall–Kier alpha value is -1.50. The topological polar surface area (TPSA) is 0 Å². The zero-order valence-electron chi connectivity index (χ0n) is 30.9. The quantitative estimate of drug-likeness (QED) is 0.166. The van der Waals surface area contributed by atoms with Crippen molar-refractivity contribution in [3.63, 3.8) is 0 Å². The molecule has 7 aliphatic carbocycles. The first-order valence-electron chi connectivity index (χ1n) is 21.0. The Bertz CT molecular complexity index is 1250. The van der Waals surface area contributed by atoms with Crippen molar-refractivity contribution < 1.29 is 0 Å². The predicted molar refractivity (Wildman–Crippen MR) is 206 cm³/mol. The average Bonchev–Trinajstić information content (AvgIpc) is 3.43. The van der Waals surface area contributed by atoms with Crippen LogP contribution in [-0.2, 0) is 0 Å². The van der Waals surface area contributed by atoms with E-state index in [-0.39, 0.29) is 0 Å². The van der Waals surface area contributed by atoms with Gasteiger partial charge >= 0.3 is 0 Å². The highest BCUT2D eigenvalue weighted by Gasteiger charge is 2.63. The van der Waals surface area contributed by atoms with Crippen LogP contribution >= 0.6 is 0 Å². The third kappa shape index (κ3) is 6.24. The molecule has 0 spiro atoms. The molecule has 0 bridgehead atoms. The minimum atomic E-state index is 0.644. The van der Waals surface area contributed by atoms with Gasteiger partial charge in [-0.15, -0.1) is 18.6 Å². The Kier molecular flexibility index (Phi) is 10.7. The summed E-state index contributed by atoms with van der Waals surface area (Å²) < 4.78 is 0. The lowest BCUT2D eigenvalue weighted by atomic mass is 9.51. The standard InChI is InChI=1S/C46H69B/c1-6-15-35(47)26-29(5)36-24-25-40-44-37(36)20-14-21-39(44)45-43(32-17-11-10-12-18-32)41-28-34(33-19-13-16-30(7-2)27-33)22-23-38(41)42(46(40)45)31(8-3)9-4/h7-8,11,14,17,21,26,29-34,36-37,39-40,42-46H,2-3,6,9-10,12-13,15-16,18-20,22-25,27-28,47H2,1,4-5H3/b35-26+/t29?,30?,31?,32?,33-,34?,36?,37?,39?,40?,42?,43?,44?,45?,46?/m1/s1. The van der Waals surface area contributed by atoms with Crippen molar-refractivity contribution in [2.75, 3.05) is 0 Å². The molecule has 256 valence electrons. The van der Waals surface area contributed by atoms with E-state index in [0.717, 1.165) is 76.9 Å². The van der Waals surface area contributed by atoms with Crippen LogP contribution in [0.5, 0.6) is 0 Å². The Morgan fingerprint density at radius 2 is 1.79 bits per heavy atom. The molecule has 0 heterocycles. The van der Waals surface area contributed by atoms with Gasteiger partial charge in [0.25, 0.3) is 0 Å². The summed E-state index contributed by atoms with van der Waals surface area (Å²) in [7, 11) is 2.40. The summed E-state index contributed by atoms with van der Waals surface area (Å²) in [6.45, 7) is 16.2. The minimum absolute atomic E-state index is 0.644. The molecule has 0 aromatic heterocycles. The zero-order chi connectivity index (χ0) is 32.7. The number of hydrogen-bond donors (Lipinski definition) is 0. The van der Waals surface area contributed by atoms with Gasteiger partial charge in [-0.05, 0) is 172 Å². The lowest BCUT2D eigenvalue weighted by Crippen LogP contribution is -2.45. The van der Waals surface area contributed by atoms with Crippen molar-refractivity contribution in [3.05, 3.63) is 72.3 Å². The van der Waals surface area contributed by atoms with Crippen LogP contribution in [0.3, 0.4) is 0 Å². The molecule has 0 aromatic rings. The maximum atomic E-state index is 4.56. The summed E-state index contributed by atoms with van der Waals surface area (Å²) >= 11 is 0. The van der Waals surface area contributed by atoms with Gasteiger partial charge in [-0.1, -0.05) is 93.7 Å². The highest BCUT2D eigenvalue weighted by molar-refractivity contribution is 6.21. The Morgan fingerprint density at radius 3 is 2.53 bits per heavy atom. The molecule has 7 aliphatic rings. The molecule has 0 saturated heterocycles. The lowest BCUT2D eigenvalue weighted by Gasteiger charge is -2.53. The number of allylic oxidation sites excluding steroid dienone is 10. The van der Waals surface area contributed by atoms with Gasteiger partial charge in [0, 0.05) is 0 Å². The van der Waals surface area contributed by atoms with Gasteiger partial charge in [0.15, 0.2) is 0 Å². The van der Waals surface area contributed by atoms with Gasteiger partial charge in [0.1, 0.15) is 7.85 Å². The Labute approximate surface area is 291 Å². The van der Waals surface area contributed by atoms with Gasteiger partial charge in [-0.3, -0.25) is 0 Å². The highest BCUT2D eigenvalue weighted by atomic mass is 14.7. The summed E-state index contributed by atoms with van der Waals surface area (Å²) in [6, 6.07) is 0. The van der Waals surface area contributed by atoms with Crippen LogP contribution in [-0.4, -0.2) is 7.85 Å². The first-order chi connectivity index (χ1) is 23.0. The smallest absolute Gasteiger partial charge is 0.114 e. The molecule has 0 N–H and O–H groups in total. The molecule has 14 unspecified atom stereocenters. The van der Waals surface area contributed by atoms with Crippen molar-refractivity contribution >= 4 is 7.85 Å². The molecule has 7 rings (SSSR count). The fourth-order valence-electron chi connectivity index (χ4n) is 14.2. The second kappa shape index (κ2) is 14.8. The van der Waals surface area contributed by atoms with E-state index in [9.17, 15) is 0 Å². The monoisotopic (exact) mass is 633 g/mol. The molecule has 0 aromatic carbocycles. The molecule has 0 aliphatic heterocycles. The summed E-state index contributed by atoms with van der Waals surface area (Å²) in [5.74, 6) is 12.3. The molecular formula is C46H69B. The van der Waals surface area contributed by atoms with Gasteiger partial charge in [0.05, 0.1) is 0 Å². The maximum absolute atomic E-state index is 4.56. The van der Waals surface area contributed by atoms with E-state index in [4.69, 9.17) is 0 Å². The van der Waals surface area contributed by atoms with Crippen molar-refractivity contribution in [1.29, 1.82) is 0 Å². The van der Waals surface area contributed by atoms with E-state index in [1.54, 1.807) is 5.47 Å². The first-order valence-corrected chi connectivity index (χ1v) is 21.0. The largest absolute Gasteiger partial charge is 0.133 e. The number of hydrogen-bond acceptors (Lipinski definition) is 0. The molecule has 47 heavy (non-hydrogen) atoms. The highest BCUT2D eigenvalue weighted by Crippen LogP contribution is 2.70. The van der Waals surface area contributed by atoms with E-state index in [0.29, 0.717) is 11.8 Å². The van der Waals surface area contributed by atoms with E-state index in [1.807, 2.05) is 11.1 Å². The van der Waals surface area contributed by atoms with Crippen molar-refractivity contribution in [2.24, 2.45) is 88.8 Å². The fourth-order valence-corrected chi connectivity index (χ4v) is 14.2. The van der Waals surface area contributed by atoms with Crippen LogP contribution in [0.25, 0.3) is 0 Å². The lowest BCUT2D eigenvalue weighted by molar-refractivity contribution is 0.0407. The maximum Gasteiger partial charge on any atom is 0.133 e. The molecular weight excluding hydrogens is 563 g/mol. The van der Waals surface area contributed by atoms with E-state index < -0.39 is 0 Å². The minimum Gasteiger partial charge on any atom is -0.114 e. The van der Waals surface area contributed by atoms with Gasteiger partial charge in [0.2, 0.25) is 0 Å². The van der Waals surface area contributed by atoms with Gasteiger partial charge < -0.3 is 0 Å². The molecule has 0 nitrogen and oxygen atoms in total. The fraction of sp³-hybridized carbons (Fsp3) is 0.739. The van der Waals surface area contributed by atoms with Crippen LogP contribution in [0.2, 0.25) is 0 Å². The second-order valence-corrected chi connectivity index (χ2v) is 18.0. The predicted octanol–water partition coefficient (Wildman–Crippen LogP) is 11.9. The molecule has 15 atom stereocenters. The Balaban J connectivity index is 1.29. The average molecular weight is 633 g/mol. The molecule has 0 amide bonds. The summed E-state index contributed by atoms with van der Waals surface area (Å²) in [5, 5.41) is 0. The first kappa shape index (κ1) is 34.0. The third-order valence-electron chi connectivity index (χ3n) is 15.9. The van der Waals surface area contributed by atoms with Crippen LogP contribution in [0.15, 0.2) is 72.3 Å². The third-order valence-corrected chi connectivity index (χ3v) is 15.9. The van der Waals surface area contributed by atoms with Gasteiger partial charge in [-0.2, -0.15) is 0 Å². The van der Waals surface area contributed by atoms with Crippen LogP contribution in [0.4, 0.5) is 0 Å². The summed E-state index contributed by atoms with van der Waals surface area (Å²) in [5.41, 5.74) is 5.64. The summed E-state index contributed by atoms with van der Waals surface area (Å²) in [6.07, 6.45) is 40.5. The van der Waals surface area contributed by atoms with Crippen molar-refractivity contribution in [2.45, 2.75) is 124 Å². The zero-order valence-corrected chi connectivity index (χ0v) is 30.9. The number of fused-ring (bicyclic) bond motifs is 3. The molecule has 0 radical (unpaired) electrons. The van der Waals surface area contributed by atoms with Crippen molar-refractivity contribution in [3.8, 4) is 0 Å². The second-order valence-electron chi connectivity index (χ2n) is 18.0. The van der Waals surface area contributed by atoms with Gasteiger partial charge in [-0.25, -0.2) is 0 Å². The summed E-state index contributed by atoms with van der Waals surface area (Å²) in [4.78, 5) is 0. The van der Waals surface area contributed by atoms with E-state index in [2.05, 4.69) is 84.3 Å². The normalized spacial score (nSPS) is 44.2. The molecule has 3 fully saturated rings. The van der Waals surface area contributed by atoms with Crippen molar-refractivity contribution in [1.82, 2.24) is 0 Å². The van der Waals surface area contributed by atoms with E-state index >= 15 is 0 Å². The van der Waals surface area contributed by atoms with Crippen LogP contribution < -0.4 is 0 Å². The molecule has 1 heteroatoms. The van der Waals surface area contributed by atoms with Crippen LogP contribution in [0.1, 0.15) is 124 Å². The molecule has 3 saturated carbocycles. The number of rotatable bonds is 10.